The van der Waals surface area contributed by atoms with Gasteiger partial charge in [0.25, 0.3) is 5.91 Å². The summed E-state index contributed by atoms with van der Waals surface area (Å²) in [6.45, 7) is 2.97. The molecule has 23 heavy (non-hydrogen) atoms. The second kappa shape index (κ2) is 6.62. The molecule has 0 fully saturated rings. The molecule has 2 aromatic rings. The van der Waals surface area contributed by atoms with Gasteiger partial charge in [-0.1, -0.05) is 12.1 Å². The van der Waals surface area contributed by atoms with Crippen molar-refractivity contribution < 1.29 is 19.1 Å². The summed E-state index contributed by atoms with van der Waals surface area (Å²) in [6, 6.07) is 6.71. The van der Waals surface area contributed by atoms with E-state index in [0.717, 1.165) is 11.3 Å². The van der Waals surface area contributed by atoms with Gasteiger partial charge in [0.05, 0.1) is 31.1 Å². The molecule has 1 aliphatic rings. The number of aromatic amines is 1. The number of carbonyl (C=O) groups is 2. The Morgan fingerprint density at radius 2 is 2.22 bits per heavy atom. The Kier molecular flexibility index (Phi) is 4.38. The fraction of sp³-hybridized carbons (Fsp3) is 0.312. The van der Waals surface area contributed by atoms with Crippen LogP contribution in [0.2, 0.25) is 0 Å². The highest BCUT2D eigenvalue weighted by atomic mass is 16.5. The highest BCUT2D eigenvalue weighted by molar-refractivity contribution is 6.07. The lowest BCUT2D eigenvalue weighted by molar-refractivity contribution is 0.0527. The van der Waals surface area contributed by atoms with Crippen LogP contribution in [0, 0.1) is 0 Å². The minimum atomic E-state index is -0.476. The Balaban J connectivity index is 1.84. The van der Waals surface area contributed by atoms with Gasteiger partial charge in [0.15, 0.2) is 5.69 Å². The summed E-state index contributed by atoms with van der Waals surface area (Å²) in [5, 5.41) is 9.66. The average Bonchev–Trinajstić information content (AvgIpc) is 2.99. The normalized spacial score (nSPS) is 13.3. The molecule has 1 amide bonds. The smallest absolute Gasteiger partial charge is 0.340 e. The summed E-state index contributed by atoms with van der Waals surface area (Å²) in [6.07, 6.45) is 0.703. The van der Waals surface area contributed by atoms with E-state index in [1.165, 1.54) is 0 Å². The minimum Gasteiger partial charge on any atom is -0.462 e. The van der Waals surface area contributed by atoms with Crippen molar-refractivity contribution >= 4 is 17.6 Å². The Labute approximate surface area is 133 Å². The zero-order valence-electron chi connectivity index (χ0n) is 12.7. The summed E-state index contributed by atoms with van der Waals surface area (Å²) in [5.74, 6) is -0.861. The number of ether oxygens (including phenoxy) is 2. The number of H-pyrrole nitrogens is 1. The topological polar surface area (TPSA) is 93.3 Å². The minimum absolute atomic E-state index is 0.269. The van der Waals surface area contributed by atoms with E-state index in [2.05, 4.69) is 15.5 Å². The van der Waals surface area contributed by atoms with E-state index in [-0.39, 0.29) is 12.5 Å². The monoisotopic (exact) mass is 315 g/mol. The average molecular weight is 315 g/mol. The van der Waals surface area contributed by atoms with Crippen LogP contribution in [0.15, 0.2) is 24.3 Å². The quantitative estimate of drug-likeness (QED) is 0.841. The van der Waals surface area contributed by atoms with Crippen LogP contribution in [0.1, 0.15) is 39.0 Å². The Morgan fingerprint density at radius 3 is 3.04 bits per heavy atom. The van der Waals surface area contributed by atoms with E-state index in [1.807, 2.05) is 0 Å². The number of para-hydroxylation sites is 1. The van der Waals surface area contributed by atoms with Crippen LogP contribution >= 0.6 is 0 Å². The first-order valence-electron chi connectivity index (χ1n) is 7.42. The predicted octanol–water partition coefficient (Wildman–Crippen LogP) is 1.91. The van der Waals surface area contributed by atoms with Crippen molar-refractivity contribution in [3.8, 4) is 0 Å². The molecular weight excluding hydrogens is 298 g/mol. The third kappa shape index (κ3) is 3.09. The number of hydrogen-bond acceptors (Lipinski definition) is 5. The first-order valence-corrected chi connectivity index (χ1v) is 7.42. The molecule has 3 rings (SSSR count). The SMILES string of the molecule is CCOC(=O)c1ccccc1NC(=O)c1n[nH]c2c1COCC2. The number of amides is 1. The van der Waals surface area contributed by atoms with E-state index in [9.17, 15) is 9.59 Å². The number of nitrogens with one attached hydrogen (secondary N) is 2. The third-order valence-corrected chi connectivity index (χ3v) is 3.58. The van der Waals surface area contributed by atoms with Gasteiger partial charge in [0, 0.05) is 17.7 Å². The van der Waals surface area contributed by atoms with Crippen molar-refractivity contribution in [2.24, 2.45) is 0 Å². The molecule has 0 saturated carbocycles. The first kappa shape index (κ1) is 15.2. The molecule has 0 spiro atoms. The largest absolute Gasteiger partial charge is 0.462 e. The second-order valence-corrected chi connectivity index (χ2v) is 5.05. The fourth-order valence-corrected chi connectivity index (χ4v) is 2.46. The van der Waals surface area contributed by atoms with E-state index >= 15 is 0 Å². The van der Waals surface area contributed by atoms with E-state index < -0.39 is 5.97 Å². The molecule has 0 bridgehead atoms. The molecule has 7 nitrogen and oxygen atoms in total. The molecule has 2 N–H and O–H groups in total. The molecular formula is C16H17N3O4. The van der Waals surface area contributed by atoms with Crippen LogP contribution in [0.25, 0.3) is 0 Å². The van der Waals surface area contributed by atoms with Gasteiger partial charge in [-0.2, -0.15) is 5.10 Å². The van der Waals surface area contributed by atoms with Crippen LogP contribution in [-0.4, -0.2) is 35.3 Å². The maximum atomic E-state index is 12.5. The number of benzene rings is 1. The summed E-state index contributed by atoms with van der Waals surface area (Å²) in [4.78, 5) is 24.4. The Morgan fingerprint density at radius 1 is 1.39 bits per heavy atom. The lowest BCUT2D eigenvalue weighted by Crippen LogP contribution is -2.19. The van der Waals surface area contributed by atoms with Crippen LogP contribution in [0.5, 0.6) is 0 Å². The van der Waals surface area contributed by atoms with Gasteiger partial charge < -0.3 is 14.8 Å². The van der Waals surface area contributed by atoms with Crippen molar-refractivity contribution in [2.45, 2.75) is 20.0 Å². The summed E-state index contributed by atoms with van der Waals surface area (Å²) in [7, 11) is 0. The predicted molar refractivity (Wildman–Crippen MR) is 82.3 cm³/mol. The Bertz CT molecular complexity index is 739. The molecule has 120 valence electrons. The van der Waals surface area contributed by atoms with E-state index in [4.69, 9.17) is 9.47 Å². The van der Waals surface area contributed by atoms with Crippen molar-refractivity contribution in [3.63, 3.8) is 0 Å². The van der Waals surface area contributed by atoms with Crippen LogP contribution < -0.4 is 5.32 Å². The van der Waals surface area contributed by atoms with Crippen molar-refractivity contribution in [3.05, 3.63) is 46.8 Å². The van der Waals surface area contributed by atoms with E-state index in [0.29, 0.717) is 36.6 Å². The van der Waals surface area contributed by atoms with Gasteiger partial charge in [-0.3, -0.25) is 9.89 Å². The number of fused-ring (bicyclic) bond motifs is 1. The summed E-state index contributed by atoms with van der Waals surface area (Å²) in [5.41, 5.74) is 2.67. The molecule has 0 atom stereocenters. The standard InChI is InChI=1S/C16H17N3O4/c1-2-23-16(21)10-5-3-4-6-12(10)17-15(20)14-11-9-22-8-7-13(11)18-19-14/h3-6H,2,7-9H2,1H3,(H,17,20)(H,18,19). The highest BCUT2D eigenvalue weighted by Gasteiger charge is 2.23. The van der Waals surface area contributed by atoms with Crippen molar-refractivity contribution in [1.82, 2.24) is 10.2 Å². The van der Waals surface area contributed by atoms with E-state index in [1.54, 1.807) is 31.2 Å². The fourth-order valence-electron chi connectivity index (χ4n) is 2.46. The molecule has 1 aromatic heterocycles. The maximum Gasteiger partial charge on any atom is 0.340 e. The van der Waals surface area contributed by atoms with Gasteiger partial charge in [-0.15, -0.1) is 0 Å². The molecule has 1 aromatic carbocycles. The summed E-state index contributed by atoms with van der Waals surface area (Å²) >= 11 is 0. The lowest BCUT2D eigenvalue weighted by Gasteiger charge is -2.13. The second-order valence-electron chi connectivity index (χ2n) is 5.05. The number of hydrogen-bond donors (Lipinski definition) is 2. The number of carbonyl (C=O) groups excluding carboxylic acids is 2. The maximum absolute atomic E-state index is 12.5. The van der Waals surface area contributed by atoms with Gasteiger partial charge in [-0.05, 0) is 19.1 Å². The molecule has 0 aliphatic carbocycles. The molecule has 0 saturated heterocycles. The zero-order chi connectivity index (χ0) is 16.2. The number of aromatic nitrogens is 2. The molecule has 0 radical (unpaired) electrons. The van der Waals surface area contributed by atoms with Crippen LogP contribution in [0.3, 0.4) is 0 Å². The van der Waals surface area contributed by atoms with Crippen LogP contribution in [0.4, 0.5) is 5.69 Å². The van der Waals surface area contributed by atoms with Gasteiger partial charge in [0.1, 0.15) is 0 Å². The van der Waals surface area contributed by atoms with Gasteiger partial charge in [0.2, 0.25) is 0 Å². The highest BCUT2D eigenvalue weighted by Crippen LogP contribution is 2.21. The number of nitrogens with zero attached hydrogens (tertiary/aromatic N) is 1. The van der Waals surface area contributed by atoms with Crippen LogP contribution in [-0.2, 0) is 22.5 Å². The molecule has 7 heteroatoms. The third-order valence-electron chi connectivity index (χ3n) is 3.58. The molecule has 1 aliphatic heterocycles. The lowest BCUT2D eigenvalue weighted by atomic mass is 10.1. The van der Waals surface area contributed by atoms with Gasteiger partial charge >= 0.3 is 5.97 Å². The van der Waals surface area contributed by atoms with Crippen molar-refractivity contribution in [1.29, 1.82) is 0 Å². The molecule has 2 heterocycles. The number of rotatable bonds is 4. The Hall–Kier alpha value is -2.67. The first-order chi connectivity index (χ1) is 11.2. The number of esters is 1. The molecule has 0 unspecified atom stereocenters. The zero-order valence-corrected chi connectivity index (χ0v) is 12.7. The summed E-state index contributed by atoms with van der Waals surface area (Å²) < 4.78 is 10.4. The number of anilines is 1. The van der Waals surface area contributed by atoms with Gasteiger partial charge in [-0.25, -0.2) is 4.79 Å². The van der Waals surface area contributed by atoms with Crippen molar-refractivity contribution in [2.75, 3.05) is 18.5 Å².